The van der Waals surface area contributed by atoms with Crippen LogP contribution in [0.5, 0.6) is 5.75 Å². The highest BCUT2D eigenvalue weighted by atomic mass is 32.2. The number of carbonyl (C=O) groups excluding carboxylic acids is 1. The van der Waals surface area contributed by atoms with Crippen LogP contribution in [-0.2, 0) is 15.0 Å². The molecule has 2 N–H and O–H groups in total. The number of phenolic OH excluding ortho intramolecular Hbond substituents is 1. The zero-order valence-corrected chi connectivity index (χ0v) is 14.0. The van der Waals surface area contributed by atoms with Gasteiger partial charge in [0.2, 0.25) is 0 Å². The quantitative estimate of drug-likeness (QED) is 0.850. The minimum Gasteiger partial charge on any atom is -0.506 e. The second-order valence-corrected chi connectivity index (χ2v) is 7.77. The first-order chi connectivity index (χ1) is 11.8. The summed E-state index contributed by atoms with van der Waals surface area (Å²) in [5, 5.41) is 14.4. The van der Waals surface area contributed by atoms with Crippen LogP contribution in [0.25, 0.3) is 11.3 Å². The van der Waals surface area contributed by atoms with Gasteiger partial charge in [-0.15, -0.1) is 0 Å². The topological polar surface area (TPSA) is 105 Å². The second-order valence-electron chi connectivity index (χ2n) is 6.18. The third-order valence-corrected chi connectivity index (χ3v) is 5.63. The number of amides is 1. The molecule has 1 saturated heterocycles. The Labute approximate surface area is 143 Å². The number of carbonyl (C=O) groups is 1. The molecule has 1 saturated carbocycles. The molecule has 1 aliphatic heterocycles. The second kappa shape index (κ2) is 5.19. The monoisotopic (exact) mass is 366 g/mol. The van der Waals surface area contributed by atoms with Gasteiger partial charge in [-0.05, 0) is 38.0 Å². The van der Waals surface area contributed by atoms with Crippen LogP contribution in [0.2, 0.25) is 0 Å². The van der Waals surface area contributed by atoms with Gasteiger partial charge in [-0.1, -0.05) is 0 Å². The van der Waals surface area contributed by atoms with Crippen molar-refractivity contribution in [2.75, 3.05) is 10.8 Å². The number of halogens is 1. The van der Waals surface area contributed by atoms with E-state index in [1.54, 1.807) is 10.8 Å². The highest BCUT2D eigenvalue weighted by molar-refractivity contribution is 7.92. The Balaban J connectivity index is 1.84. The van der Waals surface area contributed by atoms with Crippen LogP contribution in [0.3, 0.4) is 0 Å². The van der Waals surface area contributed by atoms with Crippen molar-refractivity contribution in [2.24, 2.45) is 0 Å². The average molecular weight is 366 g/mol. The van der Waals surface area contributed by atoms with E-state index < -0.39 is 39.9 Å². The third-order valence-electron chi connectivity index (χ3n) is 4.26. The molecule has 0 radical (unpaired) electrons. The van der Waals surface area contributed by atoms with Gasteiger partial charge in [0, 0.05) is 11.3 Å². The van der Waals surface area contributed by atoms with Gasteiger partial charge in [0.25, 0.3) is 5.91 Å². The van der Waals surface area contributed by atoms with Crippen LogP contribution < -0.4 is 9.03 Å². The van der Waals surface area contributed by atoms with E-state index in [1.807, 2.05) is 11.6 Å². The summed E-state index contributed by atoms with van der Waals surface area (Å²) in [6.45, 7) is 1.27. The van der Waals surface area contributed by atoms with Crippen molar-refractivity contribution in [3.05, 3.63) is 29.7 Å². The van der Waals surface area contributed by atoms with Gasteiger partial charge >= 0.3 is 10.2 Å². The molecule has 0 atom stereocenters. The molecule has 0 bridgehead atoms. The number of nitrogens with one attached hydrogen (secondary N) is 1. The largest absolute Gasteiger partial charge is 0.506 e. The van der Waals surface area contributed by atoms with E-state index in [-0.39, 0.29) is 5.56 Å². The number of anilines is 1. The van der Waals surface area contributed by atoms with Crippen molar-refractivity contribution in [1.29, 1.82) is 0 Å². The van der Waals surface area contributed by atoms with Crippen molar-refractivity contribution in [2.45, 2.75) is 25.8 Å². The number of phenols is 1. The normalized spacial score (nSPS) is 19.3. The summed E-state index contributed by atoms with van der Waals surface area (Å²) >= 11 is 0. The molecule has 0 spiro atoms. The molecular formula is C15H15FN4O4S. The number of nitrogens with zero attached hydrogens (tertiary/aromatic N) is 3. The van der Waals surface area contributed by atoms with E-state index in [0.717, 1.165) is 18.5 Å². The number of benzene rings is 1. The van der Waals surface area contributed by atoms with Gasteiger partial charge in [0.15, 0.2) is 5.82 Å². The summed E-state index contributed by atoms with van der Waals surface area (Å²) in [6, 6.07) is 4.55. The molecule has 2 aliphatic rings. The predicted molar refractivity (Wildman–Crippen MR) is 86.7 cm³/mol. The zero-order valence-electron chi connectivity index (χ0n) is 13.2. The fraction of sp³-hybridized carbons (Fsp3) is 0.333. The van der Waals surface area contributed by atoms with Crippen molar-refractivity contribution in [1.82, 2.24) is 14.5 Å². The summed E-state index contributed by atoms with van der Waals surface area (Å²) in [6.07, 6.45) is 2.04. The predicted octanol–water partition coefficient (Wildman–Crippen LogP) is 1.22. The van der Waals surface area contributed by atoms with Gasteiger partial charge in [-0.3, -0.25) is 9.48 Å². The van der Waals surface area contributed by atoms with Gasteiger partial charge < -0.3 is 5.11 Å². The Morgan fingerprint density at radius 3 is 2.68 bits per heavy atom. The molecule has 1 amide bonds. The molecule has 1 aromatic heterocycles. The maximum atomic E-state index is 15.0. The Morgan fingerprint density at radius 1 is 1.36 bits per heavy atom. The average Bonchev–Trinajstić information content (AvgIpc) is 3.22. The number of rotatable bonds is 3. The van der Waals surface area contributed by atoms with Crippen LogP contribution in [0.15, 0.2) is 18.2 Å². The lowest BCUT2D eigenvalue weighted by atomic mass is 10.1. The van der Waals surface area contributed by atoms with E-state index in [4.69, 9.17) is 0 Å². The van der Waals surface area contributed by atoms with Crippen LogP contribution >= 0.6 is 0 Å². The van der Waals surface area contributed by atoms with E-state index in [2.05, 4.69) is 5.10 Å². The summed E-state index contributed by atoms with van der Waals surface area (Å²) in [4.78, 5) is 11.4. The first-order valence-electron chi connectivity index (χ1n) is 7.69. The van der Waals surface area contributed by atoms with E-state index >= 15 is 4.39 Å². The number of aryl methyl sites for hydroxylation is 1. The number of hydrogen-bond donors (Lipinski definition) is 2. The summed E-state index contributed by atoms with van der Waals surface area (Å²) in [5.74, 6) is -2.31. The third kappa shape index (κ3) is 2.53. The molecular weight excluding hydrogens is 351 g/mol. The van der Waals surface area contributed by atoms with Crippen molar-refractivity contribution in [3.63, 3.8) is 0 Å². The van der Waals surface area contributed by atoms with Crippen molar-refractivity contribution in [3.8, 4) is 17.0 Å². The minimum atomic E-state index is -4.23. The summed E-state index contributed by atoms with van der Waals surface area (Å²) in [7, 11) is -4.23. The first-order valence-corrected chi connectivity index (χ1v) is 9.13. The molecule has 1 aromatic carbocycles. The lowest BCUT2D eigenvalue weighted by Crippen LogP contribution is -2.30. The Hall–Kier alpha value is -2.62. The lowest BCUT2D eigenvalue weighted by Gasteiger charge is -2.18. The highest BCUT2D eigenvalue weighted by Crippen LogP contribution is 2.40. The van der Waals surface area contributed by atoms with Crippen LogP contribution in [-0.4, -0.2) is 35.8 Å². The number of hydrogen-bond acceptors (Lipinski definition) is 5. The molecule has 2 fully saturated rings. The fourth-order valence-electron chi connectivity index (χ4n) is 2.94. The SMILES string of the molecule is Cc1cc(-c2ccc(O)c(N3CC(=O)NS3(=O)=O)c2F)nn1C1CC1. The Morgan fingerprint density at radius 2 is 2.08 bits per heavy atom. The first kappa shape index (κ1) is 15.9. The number of aromatic nitrogens is 2. The molecule has 1 aliphatic carbocycles. The van der Waals surface area contributed by atoms with Gasteiger partial charge in [-0.2, -0.15) is 13.5 Å². The zero-order chi connectivity index (χ0) is 17.9. The molecule has 25 heavy (non-hydrogen) atoms. The summed E-state index contributed by atoms with van der Waals surface area (Å²) < 4.78 is 43.1. The van der Waals surface area contributed by atoms with Gasteiger partial charge in [-0.25, -0.2) is 13.4 Å². The molecule has 132 valence electrons. The Kier molecular flexibility index (Phi) is 3.29. The lowest BCUT2D eigenvalue weighted by molar-refractivity contribution is -0.117. The maximum absolute atomic E-state index is 15.0. The highest BCUT2D eigenvalue weighted by Gasteiger charge is 2.38. The summed E-state index contributed by atoms with van der Waals surface area (Å²) in [5.41, 5.74) is 0.718. The van der Waals surface area contributed by atoms with Crippen LogP contribution in [0, 0.1) is 12.7 Å². The molecule has 8 nitrogen and oxygen atoms in total. The maximum Gasteiger partial charge on any atom is 0.326 e. The molecule has 10 heteroatoms. The van der Waals surface area contributed by atoms with Crippen molar-refractivity contribution >= 4 is 21.8 Å². The van der Waals surface area contributed by atoms with Gasteiger partial charge in [0.05, 0.1) is 11.7 Å². The fourth-order valence-corrected chi connectivity index (χ4v) is 4.11. The number of aromatic hydroxyl groups is 1. The minimum absolute atomic E-state index is 0.0600. The van der Waals surface area contributed by atoms with Crippen LogP contribution in [0.4, 0.5) is 10.1 Å². The molecule has 4 rings (SSSR count). The molecule has 2 aromatic rings. The van der Waals surface area contributed by atoms with E-state index in [9.17, 15) is 18.3 Å². The standard InChI is InChI=1S/C15H15FN4O4S/c1-8-6-11(17-20(8)9-2-3-9)10-4-5-12(21)15(14(10)16)19-7-13(22)18-25(19,23)24/h4-6,9,21H,2-3,7H2,1H3,(H,18,22). The van der Waals surface area contributed by atoms with Gasteiger partial charge in [0.1, 0.15) is 18.0 Å². The van der Waals surface area contributed by atoms with Crippen LogP contribution in [0.1, 0.15) is 24.6 Å². The van der Waals surface area contributed by atoms with E-state index in [1.165, 1.54) is 12.1 Å². The Bertz CT molecular complexity index is 997. The smallest absolute Gasteiger partial charge is 0.326 e. The van der Waals surface area contributed by atoms with Crippen molar-refractivity contribution < 1.29 is 22.7 Å². The molecule has 0 unspecified atom stereocenters. The molecule has 2 heterocycles. The van der Waals surface area contributed by atoms with E-state index in [0.29, 0.717) is 16.0 Å².